The average Bonchev–Trinajstić information content (AvgIpc) is 2.52. The highest BCUT2D eigenvalue weighted by molar-refractivity contribution is 5.94. The summed E-state index contributed by atoms with van der Waals surface area (Å²) in [6, 6.07) is 2.91. The van der Waals surface area contributed by atoms with Crippen LogP contribution in [0.15, 0.2) is 24.5 Å². The second-order valence-electron chi connectivity index (χ2n) is 6.16. The first-order valence-electron chi connectivity index (χ1n) is 7.70. The topological polar surface area (TPSA) is 100 Å². The molecule has 2 rings (SSSR count). The smallest absolute Gasteiger partial charge is 0.336 e. The normalized spacial score (nSPS) is 11.1. The van der Waals surface area contributed by atoms with E-state index in [1.807, 2.05) is 27.7 Å². The number of aromatic carboxylic acids is 2. The molecule has 2 N–H and O–H groups in total. The summed E-state index contributed by atoms with van der Waals surface area (Å²) in [6.07, 6.45) is 2.84. The second kappa shape index (κ2) is 6.78. The van der Waals surface area contributed by atoms with Crippen molar-refractivity contribution in [1.29, 1.82) is 0 Å². The number of aromatic nitrogens is 2. The summed E-state index contributed by atoms with van der Waals surface area (Å²) in [4.78, 5) is 31.8. The maximum atomic E-state index is 11.6. The van der Waals surface area contributed by atoms with E-state index >= 15 is 0 Å². The summed E-state index contributed by atoms with van der Waals surface area (Å²) in [5.74, 6) is -2.28. The van der Waals surface area contributed by atoms with Crippen LogP contribution >= 0.6 is 0 Å². The van der Waals surface area contributed by atoms with Gasteiger partial charge in [-0.25, -0.2) is 9.59 Å². The van der Waals surface area contributed by atoms with Crippen molar-refractivity contribution in [1.82, 2.24) is 9.97 Å². The predicted octanol–water partition coefficient (Wildman–Crippen LogP) is 3.79. The third-order valence-corrected chi connectivity index (χ3v) is 3.82. The minimum absolute atomic E-state index is 0.102. The number of rotatable bonds is 5. The van der Waals surface area contributed by atoms with Gasteiger partial charge < -0.3 is 10.2 Å². The lowest BCUT2D eigenvalue weighted by Crippen LogP contribution is -2.12. The zero-order chi connectivity index (χ0) is 18.0. The summed E-state index contributed by atoms with van der Waals surface area (Å²) in [5.41, 5.74) is 2.29. The Bertz CT molecular complexity index is 730. The average molecular weight is 328 g/mol. The molecule has 0 aliphatic carbocycles. The summed E-state index contributed by atoms with van der Waals surface area (Å²) >= 11 is 0. The van der Waals surface area contributed by atoms with Gasteiger partial charge in [0, 0.05) is 12.4 Å². The molecule has 0 aromatic carbocycles. The molecule has 0 aliphatic rings. The van der Waals surface area contributed by atoms with E-state index in [0.717, 1.165) is 0 Å². The summed E-state index contributed by atoms with van der Waals surface area (Å²) in [7, 11) is 0. The van der Waals surface area contributed by atoms with Crippen molar-refractivity contribution in [3.05, 3.63) is 46.8 Å². The van der Waals surface area contributed by atoms with Gasteiger partial charge in [-0.1, -0.05) is 27.7 Å². The van der Waals surface area contributed by atoms with Crippen molar-refractivity contribution in [2.45, 2.75) is 39.5 Å². The molecule has 2 aromatic rings. The lowest BCUT2D eigenvalue weighted by molar-refractivity contribution is 0.0684. The van der Waals surface area contributed by atoms with Crippen molar-refractivity contribution in [3.8, 4) is 11.4 Å². The Morgan fingerprint density at radius 1 is 0.792 bits per heavy atom. The summed E-state index contributed by atoms with van der Waals surface area (Å²) in [6.45, 7) is 7.51. The van der Waals surface area contributed by atoms with Crippen molar-refractivity contribution in [2.24, 2.45) is 0 Å². The zero-order valence-electron chi connectivity index (χ0n) is 14.1. The van der Waals surface area contributed by atoms with Crippen LogP contribution in [-0.4, -0.2) is 32.1 Å². The van der Waals surface area contributed by atoms with Gasteiger partial charge in [0.1, 0.15) is 0 Å². The third kappa shape index (κ3) is 3.13. The highest BCUT2D eigenvalue weighted by Crippen LogP contribution is 2.35. The molecular weight excluding hydrogens is 308 g/mol. The van der Waals surface area contributed by atoms with E-state index in [4.69, 9.17) is 0 Å². The maximum Gasteiger partial charge on any atom is 0.336 e. The van der Waals surface area contributed by atoms with Gasteiger partial charge in [0.2, 0.25) is 0 Å². The molecule has 6 nitrogen and oxygen atoms in total. The largest absolute Gasteiger partial charge is 0.478 e. The number of hydrogen-bond acceptors (Lipinski definition) is 4. The molecular formula is C18H20N2O4. The standard InChI is InChI=1S/C18H20N2O4/c1-9(2)13-11(17(21)22)5-7-19-15(13)16-14(10(3)4)12(18(23)24)6-8-20-16/h5-10H,1-4H3,(H,21,22)(H,23,24). The Morgan fingerprint density at radius 3 is 1.38 bits per heavy atom. The van der Waals surface area contributed by atoms with Crippen molar-refractivity contribution >= 4 is 11.9 Å². The number of hydrogen-bond donors (Lipinski definition) is 2. The fraction of sp³-hybridized carbons (Fsp3) is 0.333. The van der Waals surface area contributed by atoms with Gasteiger partial charge >= 0.3 is 11.9 Å². The highest BCUT2D eigenvalue weighted by atomic mass is 16.4. The van der Waals surface area contributed by atoms with Crippen molar-refractivity contribution < 1.29 is 19.8 Å². The Kier molecular flexibility index (Phi) is 4.97. The van der Waals surface area contributed by atoms with Crippen molar-refractivity contribution in [2.75, 3.05) is 0 Å². The molecule has 0 atom stereocenters. The minimum Gasteiger partial charge on any atom is -0.478 e. The van der Waals surface area contributed by atoms with Crippen LogP contribution in [0.2, 0.25) is 0 Å². The van der Waals surface area contributed by atoms with E-state index in [9.17, 15) is 19.8 Å². The van der Waals surface area contributed by atoms with Crippen LogP contribution in [0.3, 0.4) is 0 Å². The van der Waals surface area contributed by atoms with E-state index in [-0.39, 0.29) is 23.0 Å². The lowest BCUT2D eigenvalue weighted by Gasteiger charge is -2.19. The van der Waals surface area contributed by atoms with E-state index in [0.29, 0.717) is 22.5 Å². The maximum absolute atomic E-state index is 11.6. The fourth-order valence-corrected chi connectivity index (χ4v) is 2.87. The molecule has 6 heteroatoms. The Labute approximate surface area is 140 Å². The number of carboxylic acid groups (broad SMARTS) is 2. The lowest BCUT2D eigenvalue weighted by atomic mass is 9.89. The molecule has 24 heavy (non-hydrogen) atoms. The van der Waals surface area contributed by atoms with Crippen LogP contribution in [0.25, 0.3) is 11.4 Å². The molecule has 2 heterocycles. The van der Waals surface area contributed by atoms with Crippen LogP contribution in [0.5, 0.6) is 0 Å². The van der Waals surface area contributed by atoms with Crippen molar-refractivity contribution in [3.63, 3.8) is 0 Å². The molecule has 0 bridgehead atoms. The number of carboxylic acids is 2. The predicted molar refractivity (Wildman–Crippen MR) is 89.6 cm³/mol. The van der Waals surface area contributed by atoms with Crippen LogP contribution in [0, 0.1) is 0 Å². The molecule has 0 saturated carbocycles. The van der Waals surface area contributed by atoms with Gasteiger partial charge in [0.25, 0.3) is 0 Å². The first-order chi connectivity index (χ1) is 11.3. The molecule has 0 unspecified atom stereocenters. The van der Waals surface area contributed by atoms with E-state index in [2.05, 4.69) is 9.97 Å². The van der Waals surface area contributed by atoms with Gasteiger partial charge in [-0.3, -0.25) is 9.97 Å². The third-order valence-electron chi connectivity index (χ3n) is 3.82. The van der Waals surface area contributed by atoms with Crippen LogP contribution in [0.4, 0.5) is 0 Å². The van der Waals surface area contributed by atoms with Gasteiger partial charge in [-0.2, -0.15) is 0 Å². The Morgan fingerprint density at radius 2 is 1.12 bits per heavy atom. The molecule has 0 spiro atoms. The minimum atomic E-state index is -1.04. The van der Waals surface area contributed by atoms with Crippen LogP contribution < -0.4 is 0 Å². The quantitative estimate of drug-likeness (QED) is 0.866. The molecule has 126 valence electrons. The number of carbonyl (C=O) groups is 2. The molecule has 0 saturated heterocycles. The van der Waals surface area contributed by atoms with Gasteiger partial charge in [0.15, 0.2) is 0 Å². The van der Waals surface area contributed by atoms with Gasteiger partial charge in [-0.15, -0.1) is 0 Å². The van der Waals surface area contributed by atoms with Gasteiger partial charge in [0.05, 0.1) is 22.5 Å². The number of nitrogens with zero attached hydrogens (tertiary/aromatic N) is 2. The summed E-state index contributed by atoms with van der Waals surface area (Å²) < 4.78 is 0. The van der Waals surface area contributed by atoms with Gasteiger partial charge in [-0.05, 0) is 35.1 Å². The van der Waals surface area contributed by atoms with Crippen LogP contribution in [-0.2, 0) is 0 Å². The van der Waals surface area contributed by atoms with E-state index in [1.165, 1.54) is 24.5 Å². The molecule has 0 fully saturated rings. The molecule has 0 radical (unpaired) electrons. The molecule has 0 amide bonds. The highest BCUT2D eigenvalue weighted by Gasteiger charge is 2.25. The Hall–Kier alpha value is -2.76. The number of pyridine rings is 2. The fourth-order valence-electron chi connectivity index (χ4n) is 2.87. The monoisotopic (exact) mass is 328 g/mol. The Balaban J connectivity index is 2.87. The van der Waals surface area contributed by atoms with E-state index < -0.39 is 11.9 Å². The first kappa shape index (κ1) is 17.6. The SMILES string of the molecule is CC(C)c1c(C(=O)O)ccnc1-c1nccc(C(=O)O)c1C(C)C. The molecule has 2 aromatic heterocycles. The second-order valence-corrected chi connectivity index (χ2v) is 6.16. The zero-order valence-corrected chi connectivity index (χ0v) is 14.1. The van der Waals surface area contributed by atoms with E-state index in [1.54, 1.807) is 0 Å². The van der Waals surface area contributed by atoms with Crippen LogP contribution in [0.1, 0.15) is 71.4 Å². The first-order valence-corrected chi connectivity index (χ1v) is 7.70. The molecule has 0 aliphatic heterocycles. The summed E-state index contributed by atoms with van der Waals surface area (Å²) in [5, 5.41) is 18.9.